The number of amides is 1. The SMILES string of the molecule is C=C(/C=C\C=C/N)NC(=O)c1cccc(-c2cccc(Cl)c2)n1. The summed E-state index contributed by atoms with van der Waals surface area (Å²) in [6, 6.07) is 12.5. The number of halogens is 1. The fraction of sp³-hybridized carbons (Fsp3) is 0. The lowest BCUT2D eigenvalue weighted by Crippen LogP contribution is -2.22. The van der Waals surface area contributed by atoms with Crippen LogP contribution < -0.4 is 11.1 Å². The van der Waals surface area contributed by atoms with Crippen LogP contribution >= 0.6 is 11.6 Å². The predicted molar refractivity (Wildman–Crippen MR) is 93.8 cm³/mol. The molecule has 23 heavy (non-hydrogen) atoms. The van der Waals surface area contributed by atoms with Gasteiger partial charge in [0, 0.05) is 16.3 Å². The van der Waals surface area contributed by atoms with E-state index in [1.54, 1.807) is 42.5 Å². The largest absolute Gasteiger partial charge is 0.405 e. The summed E-state index contributed by atoms with van der Waals surface area (Å²) in [4.78, 5) is 16.6. The highest BCUT2D eigenvalue weighted by Gasteiger charge is 2.09. The third kappa shape index (κ3) is 4.83. The highest BCUT2D eigenvalue weighted by Crippen LogP contribution is 2.21. The molecule has 0 bridgehead atoms. The molecule has 2 rings (SSSR count). The third-order valence-electron chi connectivity index (χ3n) is 2.90. The van der Waals surface area contributed by atoms with Gasteiger partial charge in [0.2, 0.25) is 0 Å². The summed E-state index contributed by atoms with van der Waals surface area (Å²) in [5, 5.41) is 3.28. The number of nitrogens with one attached hydrogen (secondary N) is 1. The van der Waals surface area contributed by atoms with Crippen molar-refractivity contribution in [2.24, 2.45) is 5.73 Å². The van der Waals surface area contributed by atoms with Gasteiger partial charge in [0.1, 0.15) is 5.69 Å². The van der Waals surface area contributed by atoms with E-state index in [1.807, 2.05) is 18.2 Å². The Balaban J connectivity index is 2.16. The van der Waals surface area contributed by atoms with Crippen molar-refractivity contribution in [1.82, 2.24) is 10.3 Å². The normalized spacial score (nSPS) is 11.0. The number of nitrogens with two attached hydrogens (primary N) is 1. The summed E-state index contributed by atoms with van der Waals surface area (Å²) in [6.45, 7) is 3.75. The number of benzene rings is 1. The number of hydrogen-bond acceptors (Lipinski definition) is 3. The quantitative estimate of drug-likeness (QED) is 0.824. The van der Waals surface area contributed by atoms with E-state index in [0.29, 0.717) is 22.1 Å². The lowest BCUT2D eigenvalue weighted by molar-refractivity contribution is 0.0962. The Hall–Kier alpha value is -2.85. The van der Waals surface area contributed by atoms with E-state index < -0.39 is 0 Å². The minimum atomic E-state index is -0.333. The van der Waals surface area contributed by atoms with Crippen LogP contribution in [0.2, 0.25) is 5.02 Å². The molecule has 0 aliphatic carbocycles. The third-order valence-corrected chi connectivity index (χ3v) is 3.13. The Bertz CT molecular complexity index is 781. The fourth-order valence-electron chi connectivity index (χ4n) is 1.86. The van der Waals surface area contributed by atoms with Gasteiger partial charge in [-0.3, -0.25) is 4.79 Å². The van der Waals surface area contributed by atoms with E-state index >= 15 is 0 Å². The van der Waals surface area contributed by atoms with Crippen molar-refractivity contribution in [3.05, 3.63) is 89.9 Å². The zero-order valence-electron chi connectivity index (χ0n) is 12.4. The highest BCUT2D eigenvalue weighted by atomic mass is 35.5. The second-order valence-corrected chi connectivity index (χ2v) is 5.08. The van der Waals surface area contributed by atoms with Crippen LogP contribution in [0.25, 0.3) is 11.3 Å². The standard InChI is InChI=1S/C18H16ClN3O/c1-13(6-2-3-11-20)21-18(23)17-10-5-9-16(22-17)14-7-4-8-15(19)12-14/h2-12H,1,20H2,(H,21,23)/b6-2-,11-3-. The second-order valence-electron chi connectivity index (χ2n) is 4.64. The molecule has 1 aromatic carbocycles. The lowest BCUT2D eigenvalue weighted by Gasteiger charge is -2.06. The van der Waals surface area contributed by atoms with Crippen molar-refractivity contribution in [2.75, 3.05) is 0 Å². The maximum atomic E-state index is 12.2. The van der Waals surface area contributed by atoms with Crippen LogP contribution in [0.5, 0.6) is 0 Å². The van der Waals surface area contributed by atoms with Crippen molar-refractivity contribution >= 4 is 17.5 Å². The summed E-state index contributed by atoms with van der Waals surface area (Å²) in [6.07, 6.45) is 6.34. The minimum absolute atomic E-state index is 0.298. The number of carbonyl (C=O) groups is 1. The molecule has 4 nitrogen and oxygen atoms in total. The fourth-order valence-corrected chi connectivity index (χ4v) is 2.05. The molecule has 3 N–H and O–H groups in total. The molecule has 116 valence electrons. The van der Waals surface area contributed by atoms with Gasteiger partial charge in [0.25, 0.3) is 5.91 Å². The summed E-state index contributed by atoms with van der Waals surface area (Å²) in [5.74, 6) is -0.333. The van der Waals surface area contributed by atoms with Crippen molar-refractivity contribution in [2.45, 2.75) is 0 Å². The molecule has 0 atom stereocenters. The molecule has 1 amide bonds. The first-order valence-corrected chi connectivity index (χ1v) is 7.26. The maximum Gasteiger partial charge on any atom is 0.274 e. The van der Waals surface area contributed by atoms with Gasteiger partial charge in [-0.15, -0.1) is 0 Å². The van der Waals surface area contributed by atoms with Gasteiger partial charge in [-0.05, 0) is 42.6 Å². The van der Waals surface area contributed by atoms with Gasteiger partial charge >= 0.3 is 0 Å². The number of aromatic nitrogens is 1. The van der Waals surface area contributed by atoms with Crippen molar-refractivity contribution in [3.8, 4) is 11.3 Å². The zero-order chi connectivity index (χ0) is 16.7. The van der Waals surface area contributed by atoms with Gasteiger partial charge in [-0.1, -0.05) is 42.5 Å². The number of carbonyl (C=O) groups excluding carboxylic acids is 1. The van der Waals surface area contributed by atoms with Gasteiger partial charge in [0.05, 0.1) is 5.69 Å². The molecule has 0 aliphatic rings. The summed E-state index contributed by atoms with van der Waals surface area (Å²) in [7, 11) is 0. The Morgan fingerprint density at radius 1 is 1.22 bits per heavy atom. The van der Waals surface area contributed by atoms with Crippen molar-refractivity contribution < 1.29 is 4.79 Å². The molecule has 1 aromatic heterocycles. The molecule has 5 heteroatoms. The Morgan fingerprint density at radius 3 is 2.74 bits per heavy atom. The van der Waals surface area contributed by atoms with E-state index in [-0.39, 0.29) is 5.91 Å². The van der Waals surface area contributed by atoms with E-state index in [4.69, 9.17) is 17.3 Å². The maximum absolute atomic E-state index is 12.2. The highest BCUT2D eigenvalue weighted by molar-refractivity contribution is 6.30. The molecule has 2 aromatic rings. The first-order valence-electron chi connectivity index (χ1n) is 6.88. The monoisotopic (exact) mass is 325 g/mol. The molecular weight excluding hydrogens is 310 g/mol. The minimum Gasteiger partial charge on any atom is -0.405 e. The molecule has 0 unspecified atom stereocenters. The van der Waals surface area contributed by atoms with Crippen LogP contribution in [-0.2, 0) is 0 Å². The molecule has 0 aliphatic heterocycles. The van der Waals surface area contributed by atoms with Gasteiger partial charge in [-0.2, -0.15) is 0 Å². The number of allylic oxidation sites excluding steroid dienone is 3. The van der Waals surface area contributed by atoms with Crippen LogP contribution in [0.4, 0.5) is 0 Å². The number of nitrogens with zero attached hydrogens (tertiary/aromatic N) is 1. The Morgan fingerprint density at radius 2 is 2.00 bits per heavy atom. The Labute approximate surface area is 140 Å². The lowest BCUT2D eigenvalue weighted by atomic mass is 10.1. The molecule has 0 radical (unpaired) electrons. The van der Waals surface area contributed by atoms with E-state index in [0.717, 1.165) is 5.56 Å². The summed E-state index contributed by atoms with van der Waals surface area (Å²) < 4.78 is 0. The topological polar surface area (TPSA) is 68.0 Å². The van der Waals surface area contributed by atoms with Crippen LogP contribution in [0, 0.1) is 0 Å². The van der Waals surface area contributed by atoms with E-state index in [1.165, 1.54) is 6.20 Å². The van der Waals surface area contributed by atoms with Crippen LogP contribution in [0.1, 0.15) is 10.5 Å². The smallest absolute Gasteiger partial charge is 0.274 e. The van der Waals surface area contributed by atoms with Crippen molar-refractivity contribution in [1.29, 1.82) is 0 Å². The number of pyridine rings is 1. The van der Waals surface area contributed by atoms with Crippen LogP contribution in [0.3, 0.4) is 0 Å². The molecular formula is C18H16ClN3O. The van der Waals surface area contributed by atoms with Crippen LogP contribution in [0.15, 0.2) is 79.2 Å². The molecule has 0 spiro atoms. The molecule has 0 saturated carbocycles. The van der Waals surface area contributed by atoms with E-state index in [2.05, 4.69) is 16.9 Å². The molecule has 0 saturated heterocycles. The average Bonchev–Trinajstić information content (AvgIpc) is 2.55. The van der Waals surface area contributed by atoms with Gasteiger partial charge in [-0.25, -0.2) is 4.98 Å². The van der Waals surface area contributed by atoms with Gasteiger partial charge < -0.3 is 11.1 Å². The second kappa shape index (κ2) is 7.96. The summed E-state index contributed by atoms with van der Waals surface area (Å²) >= 11 is 5.99. The molecule has 1 heterocycles. The van der Waals surface area contributed by atoms with E-state index in [9.17, 15) is 4.79 Å². The Kier molecular flexibility index (Phi) is 5.72. The predicted octanol–water partition coefficient (Wildman–Crippen LogP) is 3.67. The average molecular weight is 326 g/mol. The number of rotatable bonds is 5. The number of hydrogen-bond donors (Lipinski definition) is 2. The summed E-state index contributed by atoms with van der Waals surface area (Å²) in [5.41, 5.74) is 7.49. The first-order chi connectivity index (χ1) is 11.1. The first kappa shape index (κ1) is 16.5. The zero-order valence-corrected chi connectivity index (χ0v) is 13.1. The van der Waals surface area contributed by atoms with Gasteiger partial charge in [0.15, 0.2) is 0 Å². The molecule has 0 fully saturated rings. The van der Waals surface area contributed by atoms with Crippen LogP contribution in [-0.4, -0.2) is 10.9 Å². The van der Waals surface area contributed by atoms with Crippen molar-refractivity contribution in [3.63, 3.8) is 0 Å².